The maximum Gasteiger partial charge on any atom is 0.265 e. The zero-order valence-electron chi connectivity index (χ0n) is 13.7. The lowest BCUT2D eigenvalue weighted by Gasteiger charge is -2.31. The van der Waals surface area contributed by atoms with E-state index in [2.05, 4.69) is 22.4 Å². The Labute approximate surface area is 141 Å². The number of hydrogen-bond donors (Lipinski definition) is 1. The zero-order chi connectivity index (χ0) is 16.2. The number of thiazole rings is 1. The van der Waals surface area contributed by atoms with Gasteiger partial charge in [-0.25, -0.2) is 4.98 Å². The van der Waals surface area contributed by atoms with E-state index in [1.165, 1.54) is 16.9 Å². The van der Waals surface area contributed by atoms with E-state index in [0.29, 0.717) is 6.04 Å². The van der Waals surface area contributed by atoms with Gasteiger partial charge >= 0.3 is 0 Å². The molecule has 1 N–H and O–H groups in total. The number of rotatable bonds is 4. The van der Waals surface area contributed by atoms with E-state index in [9.17, 15) is 4.79 Å². The Morgan fingerprint density at radius 2 is 2.00 bits per heavy atom. The minimum atomic E-state index is 0.117. The molecule has 1 saturated heterocycles. The van der Waals surface area contributed by atoms with Crippen LogP contribution in [0.15, 0.2) is 30.3 Å². The summed E-state index contributed by atoms with van der Waals surface area (Å²) in [5.41, 5.74) is 2.08. The molecule has 5 heteroatoms. The average molecular weight is 329 g/mol. The van der Waals surface area contributed by atoms with Crippen LogP contribution >= 0.6 is 11.3 Å². The molecular formula is C18H23N3OS. The molecular weight excluding hydrogens is 306 g/mol. The summed E-state index contributed by atoms with van der Waals surface area (Å²) in [5, 5.41) is 4.35. The molecule has 0 aliphatic carbocycles. The second-order valence-electron chi connectivity index (χ2n) is 6.08. The van der Waals surface area contributed by atoms with Crippen molar-refractivity contribution in [2.45, 2.75) is 32.2 Å². The Morgan fingerprint density at radius 3 is 2.70 bits per heavy atom. The van der Waals surface area contributed by atoms with E-state index >= 15 is 0 Å². The van der Waals surface area contributed by atoms with Gasteiger partial charge < -0.3 is 10.2 Å². The number of nitrogens with one attached hydrogen (secondary N) is 1. The fourth-order valence-corrected chi connectivity index (χ4v) is 4.10. The maximum atomic E-state index is 12.8. The topological polar surface area (TPSA) is 45.2 Å². The molecule has 0 unspecified atom stereocenters. The van der Waals surface area contributed by atoms with Crippen LogP contribution in [0.4, 0.5) is 0 Å². The van der Waals surface area contributed by atoms with Crippen LogP contribution < -0.4 is 5.32 Å². The van der Waals surface area contributed by atoms with Crippen molar-refractivity contribution in [3.63, 3.8) is 0 Å². The molecule has 1 aliphatic heterocycles. The van der Waals surface area contributed by atoms with E-state index in [1.54, 1.807) is 0 Å². The number of aromatic nitrogens is 1. The zero-order valence-corrected chi connectivity index (χ0v) is 14.5. The number of nitrogens with zero attached hydrogens (tertiary/aromatic N) is 2. The van der Waals surface area contributed by atoms with E-state index in [0.717, 1.165) is 47.9 Å². The van der Waals surface area contributed by atoms with Gasteiger partial charge in [-0.3, -0.25) is 4.79 Å². The lowest BCUT2D eigenvalue weighted by atomic mass is 10.1. The summed E-state index contributed by atoms with van der Waals surface area (Å²) in [4.78, 5) is 20.1. The van der Waals surface area contributed by atoms with Crippen molar-refractivity contribution in [1.82, 2.24) is 15.2 Å². The van der Waals surface area contributed by atoms with Crippen LogP contribution in [0.3, 0.4) is 0 Å². The normalized spacial score (nSPS) is 15.6. The Hall–Kier alpha value is -1.72. The average Bonchev–Trinajstić information content (AvgIpc) is 2.95. The Morgan fingerprint density at radius 1 is 1.30 bits per heavy atom. The van der Waals surface area contributed by atoms with E-state index < -0.39 is 0 Å². The summed E-state index contributed by atoms with van der Waals surface area (Å²) < 4.78 is 0. The first-order valence-electron chi connectivity index (χ1n) is 8.13. The minimum absolute atomic E-state index is 0.117. The molecule has 2 aromatic rings. The highest BCUT2D eigenvalue weighted by atomic mass is 32.1. The molecule has 0 bridgehead atoms. The van der Waals surface area contributed by atoms with Crippen molar-refractivity contribution in [2.75, 3.05) is 20.1 Å². The third-order valence-corrected chi connectivity index (χ3v) is 5.56. The van der Waals surface area contributed by atoms with Crippen molar-refractivity contribution in [3.8, 4) is 0 Å². The number of benzene rings is 1. The molecule has 1 fully saturated rings. The lowest BCUT2D eigenvalue weighted by Crippen LogP contribution is -2.43. The summed E-state index contributed by atoms with van der Waals surface area (Å²) in [6.45, 7) is 3.92. The van der Waals surface area contributed by atoms with Crippen molar-refractivity contribution in [3.05, 3.63) is 51.5 Å². The maximum absolute atomic E-state index is 12.8. The number of piperidine rings is 1. The predicted octanol–water partition coefficient (Wildman–Crippen LogP) is 2.87. The monoisotopic (exact) mass is 329 g/mol. The van der Waals surface area contributed by atoms with Crippen molar-refractivity contribution >= 4 is 17.2 Å². The molecule has 4 nitrogen and oxygen atoms in total. The quantitative estimate of drug-likeness (QED) is 0.938. The summed E-state index contributed by atoms with van der Waals surface area (Å²) in [5.74, 6) is 0.117. The van der Waals surface area contributed by atoms with Crippen LogP contribution in [0.5, 0.6) is 0 Å². The van der Waals surface area contributed by atoms with Gasteiger partial charge in [-0.1, -0.05) is 30.3 Å². The number of carbonyl (C=O) groups is 1. The van der Waals surface area contributed by atoms with Gasteiger partial charge in [0.15, 0.2) is 0 Å². The van der Waals surface area contributed by atoms with Crippen LogP contribution in [0.2, 0.25) is 0 Å². The standard InChI is InChI=1S/C18H23N3OS/c1-13-17(18(22)21(2)15-8-10-19-11-9-15)23-16(20-13)12-14-6-4-3-5-7-14/h3-7,15,19H,8-12H2,1-2H3. The summed E-state index contributed by atoms with van der Waals surface area (Å²) in [6, 6.07) is 10.6. The van der Waals surface area contributed by atoms with Gasteiger partial charge in [0.1, 0.15) is 4.88 Å². The summed E-state index contributed by atoms with van der Waals surface area (Å²) >= 11 is 1.54. The highest BCUT2D eigenvalue weighted by Crippen LogP contribution is 2.24. The van der Waals surface area contributed by atoms with Crippen LogP contribution in [0.1, 0.15) is 38.8 Å². The van der Waals surface area contributed by atoms with Crippen LogP contribution in [0.25, 0.3) is 0 Å². The third kappa shape index (κ3) is 3.79. The predicted molar refractivity (Wildman–Crippen MR) is 94.1 cm³/mol. The molecule has 1 amide bonds. The SMILES string of the molecule is Cc1nc(Cc2ccccc2)sc1C(=O)N(C)C1CCNCC1. The molecule has 1 aromatic carbocycles. The van der Waals surface area contributed by atoms with E-state index in [4.69, 9.17) is 0 Å². The van der Waals surface area contributed by atoms with Gasteiger partial charge in [0.25, 0.3) is 5.91 Å². The molecule has 0 saturated carbocycles. The van der Waals surface area contributed by atoms with Gasteiger partial charge in [-0.05, 0) is 38.4 Å². The first-order valence-corrected chi connectivity index (χ1v) is 8.95. The van der Waals surface area contributed by atoms with Gasteiger partial charge in [-0.2, -0.15) is 0 Å². The number of amides is 1. The summed E-state index contributed by atoms with van der Waals surface area (Å²) in [6.07, 6.45) is 2.84. The molecule has 122 valence electrons. The molecule has 1 aromatic heterocycles. The molecule has 0 spiro atoms. The van der Waals surface area contributed by atoms with Crippen molar-refractivity contribution < 1.29 is 4.79 Å². The first kappa shape index (κ1) is 16.1. The molecule has 1 aliphatic rings. The molecule has 0 atom stereocenters. The second kappa shape index (κ2) is 7.23. The lowest BCUT2D eigenvalue weighted by molar-refractivity contribution is 0.0707. The largest absolute Gasteiger partial charge is 0.338 e. The smallest absolute Gasteiger partial charge is 0.265 e. The van der Waals surface area contributed by atoms with Crippen LogP contribution in [-0.4, -0.2) is 42.0 Å². The van der Waals surface area contributed by atoms with Gasteiger partial charge in [0.05, 0.1) is 10.7 Å². The number of hydrogen-bond acceptors (Lipinski definition) is 4. The van der Waals surface area contributed by atoms with Crippen molar-refractivity contribution in [1.29, 1.82) is 0 Å². The van der Waals surface area contributed by atoms with Crippen LogP contribution in [0, 0.1) is 6.92 Å². The van der Waals surface area contributed by atoms with Crippen LogP contribution in [-0.2, 0) is 6.42 Å². The van der Waals surface area contributed by atoms with Crippen molar-refractivity contribution in [2.24, 2.45) is 0 Å². The van der Waals surface area contributed by atoms with Gasteiger partial charge in [0, 0.05) is 19.5 Å². The number of carbonyl (C=O) groups excluding carboxylic acids is 1. The molecule has 2 heterocycles. The van der Waals surface area contributed by atoms with Gasteiger partial charge in [-0.15, -0.1) is 11.3 Å². The molecule has 0 radical (unpaired) electrons. The Bertz CT molecular complexity index is 662. The third-order valence-electron chi connectivity index (χ3n) is 4.41. The Kier molecular flexibility index (Phi) is 5.08. The van der Waals surface area contributed by atoms with E-state index in [-0.39, 0.29) is 5.91 Å². The Balaban J connectivity index is 1.73. The first-order chi connectivity index (χ1) is 11.1. The second-order valence-corrected chi connectivity index (χ2v) is 7.17. The fourth-order valence-electron chi connectivity index (χ4n) is 3.02. The molecule has 3 rings (SSSR count). The fraction of sp³-hybridized carbons (Fsp3) is 0.444. The number of aryl methyl sites for hydroxylation is 1. The highest BCUT2D eigenvalue weighted by molar-refractivity contribution is 7.13. The van der Waals surface area contributed by atoms with Gasteiger partial charge in [0.2, 0.25) is 0 Å². The molecule has 23 heavy (non-hydrogen) atoms. The summed E-state index contributed by atoms with van der Waals surface area (Å²) in [7, 11) is 1.92. The minimum Gasteiger partial charge on any atom is -0.338 e. The van der Waals surface area contributed by atoms with E-state index in [1.807, 2.05) is 37.1 Å². The highest BCUT2D eigenvalue weighted by Gasteiger charge is 2.25.